The fourth-order valence-corrected chi connectivity index (χ4v) is 2.91. The number of pyridine rings is 1. The average molecular weight is 361 g/mol. The Labute approximate surface area is 143 Å². The van der Waals surface area contributed by atoms with Gasteiger partial charge in [-0.05, 0) is 18.2 Å². The van der Waals surface area contributed by atoms with E-state index in [4.69, 9.17) is 5.11 Å². The number of rotatable bonds is 4. The molecule has 2 aromatic heterocycles. The van der Waals surface area contributed by atoms with Crippen molar-refractivity contribution in [3.05, 3.63) is 64.9 Å². The van der Waals surface area contributed by atoms with Gasteiger partial charge in [-0.25, -0.2) is 18.6 Å². The lowest BCUT2D eigenvalue weighted by Gasteiger charge is -2.06. The van der Waals surface area contributed by atoms with Crippen molar-refractivity contribution in [2.75, 3.05) is 5.32 Å². The molecule has 25 heavy (non-hydrogen) atoms. The Kier molecular flexibility index (Phi) is 4.48. The van der Waals surface area contributed by atoms with Crippen LogP contribution in [0.15, 0.2) is 42.0 Å². The number of nitrogens with zero attached hydrogens (tertiary/aromatic N) is 2. The van der Waals surface area contributed by atoms with Gasteiger partial charge in [0, 0.05) is 11.6 Å². The van der Waals surface area contributed by atoms with E-state index in [1.54, 1.807) is 0 Å². The zero-order valence-electron chi connectivity index (χ0n) is 12.4. The number of carboxylic acid groups (broad SMARTS) is 1. The zero-order chi connectivity index (χ0) is 18.0. The monoisotopic (exact) mass is 361 g/mol. The van der Waals surface area contributed by atoms with Crippen molar-refractivity contribution in [1.82, 2.24) is 9.97 Å². The summed E-state index contributed by atoms with van der Waals surface area (Å²) >= 11 is 0.896. The number of amides is 1. The number of carbonyl (C=O) groups excluding carboxylic acids is 1. The number of carbonyl (C=O) groups is 2. The van der Waals surface area contributed by atoms with Crippen molar-refractivity contribution in [3.8, 4) is 10.6 Å². The molecule has 9 heteroatoms. The van der Waals surface area contributed by atoms with Gasteiger partial charge in [0.15, 0.2) is 0 Å². The lowest BCUT2D eigenvalue weighted by Crippen LogP contribution is -2.15. The number of benzene rings is 1. The molecule has 0 aliphatic carbocycles. The van der Waals surface area contributed by atoms with Gasteiger partial charge in [0.2, 0.25) is 0 Å². The zero-order valence-corrected chi connectivity index (χ0v) is 13.2. The first-order valence-electron chi connectivity index (χ1n) is 6.86. The molecule has 0 bridgehead atoms. The molecular weight excluding hydrogens is 352 g/mol. The quantitative estimate of drug-likeness (QED) is 0.743. The molecule has 0 unspecified atom stereocenters. The Bertz CT molecular complexity index is 955. The van der Waals surface area contributed by atoms with Crippen LogP contribution in [0.25, 0.3) is 10.6 Å². The van der Waals surface area contributed by atoms with Crippen LogP contribution in [0, 0.1) is 11.6 Å². The predicted octanol–water partition coefficient (Wildman–Crippen LogP) is 3.43. The van der Waals surface area contributed by atoms with E-state index < -0.39 is 23.5 Å². The van der Waals surface area contributed by atoms with Gasteiger partial charge >= 0.3 is 5.97 Å². The van der Waals surface area contributed by atoms with E-state index in [2.05, 4.69) is 15.3 Å². The number of carboxylic acids is 1. The van der Waals surface area contributed by atoms with E-state index in [0.717, 1.165) is 23.5 Å². The number of halogens is 2. The number of aromatic carboxylic acids is 1. The Morgan fingerprint density at radius 2 is 1.88 bits per heavy atom. The summed E-state index contributed by atoms with van der Waals surface area (Å²) in [6.45, 7) is 0. The molecule has 126 valence electrons. The summed E-state index contributed by atoms with van der Waals surface area (Å²) in [7, 11) is 0. The maximum absolute atomic E-state index is 13.8. The largest absolute Gasteiger partial charge is 0.478 e. The van der Waals surface area contributed by atoms with E-state index in [1.807, 2.05) is 0 Å². The van der Waals surface area contributed by atoms with Gasteiger partial charge in [0.25, 0.3) is 5.91 Å². The van der Waals surface area contributed by atoms with Crippen molar-refractivity contribution in [2.45, 2.75) is 0 Å². The predicted molar refractivity (Wildman–Crippen MR) is 86.6 cm³/mol. The van der Waals surface area contributed by atoms with Crippen molar-refractivity contribution in [1.29, 1.82) is 0 Å². The summed E-state index contributed by atoms with van der Waals surface area (Å²) in [5.74, 6) is -3.52. The Hall–Kier alpha value is -3.20. The van der Waals surface area contributed by atoms with Crippen LogP contribution in [0.4, 0.5) is 14.5 Å². The first-order chi connectivity index (χ1) is 12.0. The number of aromatic nitrogens is 2. The van der Waals surface area contributed by atoms with E-state index in [0.29, 0.717) is 0 Å². The molecule has 1 amide bonds. The Balaban J connectivity index is 1.88. The fraction of sp³-hybridized carbons (Fsp3) is 0. The van der Waals surface area contributed by atoms with Crippen LogP contribution in [0.2, 0.25) is 0 Å². The lowest BCUT2D eigenvalue weighted by molar-refractivity contribution is 0.0698. The summed E-state index contributed by atoms with van der Waals surface area (Å²) in [6.07, 6.45) is 2.46. The molecule has 0 saturated carbocycles. The summed E-state index contributed by atoms with van der Waals surface area (Å²) in [4.78, 5) is 31.0. The summed E-state index contributed by atoms with van der Waals surface area (Å²) in [6, 6.07) is 4.65. The van der Waals surface area contributed by atoms with Crippen LogP contribution in [0.1, 0.15) is 20.8 Å². The van der Waals surface area contributed by atoms with Crippen molar-refractivity contribution in [3.63, 3.8) is 0 Å². The van der Waals surface area contributed by atoms with E-state index in [1.165, 1.54) is 29.9 Å². The summed E-state index contributed by atoms with van der Waals surface area (Å²) in [5.41, 5.74) is -0.562. The number of thiazole rings is 1. The van der Waals surface area contributed by atoms with Gasteiger partial charge < -0.3 is 10.4 Å². The fourth-order valence-electron chi connectivity index (χ4n) is 2.06. The molecule has 0 saturated heterocycles. The normalized spacial score (nSPS) is 10.5. The Morgan fingerprint density at radius 3 is 2.56 bits per heavy atom. The van der Waals surface area contributed by atoms with Crippen LogP contribution >= 0.6 is 11.3 Å². The van der Waals surface area contributed by atoms with Crippen molar-refractivity contribution < 1.29 is 23.5 Å². The highest BCUT2D eigenvalue weighted by atomic mass is 32.1. The molecule has 3 aromatic rings. The summed E-state index contributed by atoms with van der Waals surface area (Å²) in [5, 5.41) is 12.8. The molecular formula is C16H9F2N3O3S. The highest BCUT2D eigenvalue weighted by Gasteiger charge is 2.19. The van der Waals surface area contributed by atoms with Crippen LogP contribution in [0.3, 0.4) is 0 Å². The van der Waals surface area contributed by atoms with Crippen LogP contribution in [0.5, 0.6) is 0 Å². The second-order valence-corrected chi connectivity index (χ2v) is 5.67. The van der Waals surface area contributed by atoms with Crippen LogP contribution < -0.4 is 5.32 Å². The van der Waals surface area contributed by atoms with E-state index >= 15 is 0 Å². The second kappa shape index (κ2) is 6.73. The van der Waals surface area contributed by atoms with Gasteiger partial charge in [0.1, 0.15) is 22.3 Å². The number of hydrogen-bond acceptors (Lipinski definition) is 5. The first kappa shape index (κ1) is 16.7. The molecule has 6 nitrogen and oxygen atoms in total. The number of nitrogens with one attached hydrogen (secondary N) is 1. The van der Waals surface area contributed by atoms with Crippen molar-refractivity contribution >= 4 is 28.9 Å². The van der Waals surface area contributed by atoms with Gasteiger partial charge in [-0.3, -0.25) is 9.78 Å². The minimum absolute atomic E-state index is 0.00500. The van der Waals surface area contributed by atoms with Crippen molar-refractivity contribution in [2.24, 2.45) is 0 Å². The molecule has 0 aliphatic rings. The highest BCUT2D eigenvalue weighted by Crippen LogP contribution is 2.29. The Morgan fingerprint density at radius 1 is 1.16 bits per heavy atom. The van der Waals surface area contributed by atoms with Gasteiger partial charge in [-0.15, -0.1) is 11.3 Å². The molecule has 0 radical (unpaired) electrons. The molecule has 2 N–H and O–H groups in total. The standard InChI is InChI=1S/C16H9F2N3O3S/c17-9-2-1-3-10(18)13(9)15-21-12(7-25-15)14(22)20-11-6-19-5-4-8(11)16(23)24/h1-7H,(H,20,22)(H,23,24). The molecule has 0 atom stereocenters. The first-order valence-corrected chi connectivity index (χ1v) is 7.74. The lowest BCUT2D eigenvalue weighted by atomic mass is 10.2. The third-order valence-corrected chi connectivity index (χ3v) is 4.07. The maximum Gasteiger partial charge on any atom is 0.337 e. The minimum atomic E-state index is -1.23. The smallest absolute Gasteiger partial charge is 0.337 e. The van der Waals surface area contributed by atoms with E-state index in [-0.39, 0.29) is 27.5 Å². The maximum atomic E-state index is 13.8. The topological polar surface area (TPSA) is 92.2 Å². The van der Waals surface area contributed by atoms with Gasteiger partial charge in [-0.1, -0.05) is 6.07 Å². The molecule has 2 heterocycles. The number of anilines is 1. The third kappa shape index (κ3) is 3.36. The highest BCUT2D eigenvalue weighted by molar-refractivity contribution is 7.13. The third-order valence-electron chi connectivity index (χ3n) is 3.21. The van der Waals surface area contributed by atoms with Crippen LogP contribution in [-0.2, 0) is 0 Å². The number of hydrogen-bond donors (Lipinski definition) is 2. The molecule has 3 rings (SSSR count). The molecule has 0 aliphatic heterocycles. The van der Waals surface area contributed by atoms with E-state index in [9.17, 15) is 18.4 Å². The molecule has 0 fully saturated rings. The van der Waals surface area contributed by atoms with Gasteiger partial charge in [-0.2, -0.15) is 0 Å². The SMILES string of the molecule is O=C(Nc1cnccc1C(=O)O)c1csc(-c2c(F)cccc2F)n1. The van der Waals surface area contributed by atoms with Crippen LogP contribution in [-0.4, -0.2) is 27.0 Å². The molecule has 1 aromatic carbocycles. The molecule has 0 spiro atoms. The van der Waals surface area contributed by atoms with Gasteiger partial charge in [0.05, 0.1) is 23.0 Å². The summed E-state index contributed by atoms with van der Waals surface area (Å²) < 4.78 is 27.6. The minimum Gasteiger partial charge on any atom is -0.478 e. The second-order valence-electron chi connectivity index (χ2n) is 4.82. The average Bonchev–Trinajstić information content (AvgIpc) is 3.05.